The molecule has 0 spiro atoms. The third-order valence-electron chi connectivity index (χ3n) is 2.70. The van der Waals surface area contributed by atoms with Gasteiger partial charge in [0, 0.05) is 29.1 Å². The van der Waals surface area contributed by atoms with Gasteiger partial charge in [-0.2, -0.15) is 0 Å². The van der Waals surface area contributed by atoms with Gasteiger partial charge in [-0.05, 0) is 48.5 Å². The van der Waals surface area contributed by atoms with Crippen molar-refractivity contribution in [2.75, 3.05) is 12.8 Å². The summed E-state index contributed by atoms with van der Waals surface area (Å²) < 4.78 is 5.19. The second kappa shape index (κ2) is 4.85. The van der Waals surface area contributed by atoms with Gasteiger partial charge in [-0.15, -0.1) is 0 Å². The average molecular weight is 293 g/mol. The van der Waals surface area contributed by atoms with Gasteiger partial charge in [0.2, 0.25) is 0 Å². The summed E-state index contributed by atoms with van der Waals surface area (Å²) in [4.78, 5) is 0. The van der Waals surface area contributed by atoms with Crippen molar-refractivity contribution < 1.29 is 4.74 Å². The van der Waals surface area contributed by atoms with Crippen LogP contribution in [0, 0.1) is 0 Å². The number of anilines is 1. The van der Waals surface area contributed by atoms with Gasteiger partial charge < -0.3 is 10.5 Å². The summed E-state index contributed by atoms with van der Waals surface area (Å²) in [7, 11) is 3.81. The molecule has 3 rings (SSSR count). The highest BCUT2D eigenvalue weighted by atomic mass is 33.1. The largest absolute Gasteiger partial charge is 0.497 e. The van der Waals surface area contributed by atoms with E-state index in [0.29, 0.717) is 0 Å². The van der Waals surface area contributed by atoms with Gasteiger partial charge in [0.25, 0.3) is 0 Å². The van der Waals surface area contributed by atoms with E-state index in [1.54, 1.807) is 7.11 Å². The Hall–Kier alpha value is -1.14. The van der Waals surface area contributed by atoms with Crippen LogP contribution in [0.4, 0.5) is 5.69 Å². The molecule has 2 N–H and O–H groups in total. The van der Waals surface area contributed by atoms with Crippen molar-refractivity contribution in [1.82, 2.24) is 0 Å². The van der Waals surface area contributed by atoms with Gasteiger partial charge in [0.1, 0.15) is 5.75 Å². The highest BCUT2D eigenvalue weighted by Crippen LogP contribution is 2.81. The smallest absolute Gasteiger partial charge is 0.118 e. The van der Waals surface area contributed by atoms with Gasteiger partial charge in [-0.1, -0.05) is 10.5 Å². The number of methoxy groups -OCH3 is 1. The molecule has 0 aliphatic rings. The highest BCUT2D eigenvalue weighted by molar-refractivity contribution is 8.64. The maximum Gasteiger partial charge on any atom is 0.118 e. The Balaban J connectivity index is 1.85. The van der Waals surface area contributed by atoms with Gasteiger partial charge >= 0.3 is 0 Å². The summed E-state index contributed by atoms with van der Waals surface area (Å²) in [6.07, 6.45) is -0.0537. The van der Waals surface area contributed by atoms with E-state index < -0.39 is 0 Å². The first kappa shape index (κ1) is 11.9. The van der Waals surface area contributed by atoms with Crippen molar-refractivity contribution in [3.05, 3.63) is 48.5 Å². The van der Waals surface area contributed by atoms with E-state index in [1.165, 1.54) is 10.6 Å². The first-order chi connectivity index (χ1) is 8.78. The highest BCUT2D eigenvalue weighted by Gasteiger charge is 2.16. The van der Waals surface area contributed by atoms with E-state index in [9.17, 15) is 0 Å². The fourth-order valence-corrected chi connectivity index (χ4v) is 13.3. The molecule has 0 saturated heterocycles. The number of ether oxygens (including phenoxy) is 1. The minimum atomic E-state index is -0.0272. The van der Waals surface area contributed by atoms with Crippen molar-refractivity contribution in [3.8, 4) is 16.4 Å². The molecule has 0 aliphatic heterocycles. The lowest BCUT2D eigenvalue weighted by atomic mass is 10.3. The Kier molecular flexibility index (Phi) is 3.22. The zero-order chi connectivity index (χ0) is 12.5. The number of rotatable bonds is 3. The maximum absolute atomic E-state index is 5.72. The molecule has 1 heterocycles. The maximum atomic E-state index is 5.72. The van der Waals surface area contributed by atoms with Crippen LogP contribution in [0.5, 0.6) is 5.75 Å². The number of benzene rings is 2. The van der Waals surface area contributed by atoms with Crippen LogP contribution in [-0.4, -0.2) is 7.11 Å². The third kappa shape index (κ3) is 2.35. The molecular formula is C13H13NOP2S. The van der Waals surface area contributed by atoms with Crippen LogP contribution in [0.1, 0.15) is 0 Å². The summed E-state index contributed by atoms with van der Waals surface area (Å²) >= 11 is 0. The van der Waals surface area contributed by atoms with Crippen molar-refractivity contribution >= 4 is 29.0 Å². The van der Waals surface area contributed by atoms with E-state index in [-0.39, 0.29) is 12.8 Å². The average Bonchev–Trinajstić information content (AvgIpc) is 3.20. The molecule has 0 fully saturated rings. The lowest BCUT2D eigenvalue weighted by Gasteiger charge is -1.99. The zero-order valence-corrected chi connectivity index (χ0v) is 12.5. The molecule has 0 bridgehead atoms. The monoisotopic (exact) mass is 293 g/mol. The second-order valence-electron chi connectivity index (χ2n) is 3.92. The fraction of sp³-hybridized carbons (Fsp3) is 0.0769. The van der Waals surface area contributed by atoms with Gasteiger partial charge in [-0.3, -0.25) is 0 Å². The molecule has 2 nitrogen and oxygen atoms in total. The summed E-state index contributed by atoms with van der Waals surface area (Å²) in [5.74, 6) is 0.928. The lowest BCUT2D eigenvalue weighted by Crippen LogP contribution is -1.80. The number of nitrogen functional groups attached to an aromatic ring is 1. The molecule has 3 aromatic rings. The van der Waals surface area contributed by atoms with Crippen LogP contribution >= 0.6 is 23.3 Å². The van der Waals surface area contributed by atoms with E-state index >= 15 is 0 Å². The summed E-state index contributed by atoms with van der Waals surface area (Å²) in [6, 6.07) is 16.8. The normalized spacial score (nSPS) is 12.7. The summed E-state index contributed by atoms with van der Waals surface area (Å²) in [6.45, 7) is 0. The van der Waals surface area contributed by atoms with Gasteiger partial charge in [0.05, 0.1) is 7.11 Å². The zero-order valence-electron chi connectivity index (χ0n) is 9.91. The number of hydrogen-bond acceptors (Lipinski definition) is 3. The van der Waals surface area contributed by atoms with E-state index in [2.05, 4.69) is 34.8 Å². The Morgan fingerprint density at radius 3 is 1.89 bits per heavy atom. The van der Waals surface area contributed by atoms with Gasteiger partial charge in [0.15, 0.2) is 0 Å². The van der Waals surface area contributed by atoms with Crippen LogP contribution in [0.2, 0.25) is 0 Å². The quantitative estimate of drug-likeness (QED) is 0.666. The minimum absolute atomic E-state index is 0.0265. The van der Waals surface area contributed by atoms with Crippen LogP contribution in [0.25, 0.3) is 10.6 Å². The summed E-state index contributed by atoms with van der Waals surface area (Å²) in [5.41, 5.74) is 6.56. The molecule has 0 amide bonds. The van der Waals surface area contributed by atoms with E-state index in [0.717, 1.165) is 11.4 Å². The van der Waals surface area contributed by atoms with Crippen LogP contribution in [-0.2, 0) is 0 Å². The van der Waals surface area contributed by atoms with Crippen molar-refractivity contribution in [2.45, 2.75) is 0 Å². The molecule has 92 valence electrons. The number of nitrogens with two attached hydrogens (primary N) is 1. The topological polar surface area (TPSA) is 35.2 Å². The van der Waals surface area contributed by atoms with Crippen molar-refractivity contribution in [2.24, 2.45) is 0 Å². The van der Waals surface area contributed by atoms with Crippen molar-refractivity contribution in [3.63, 3.8) is 0 Å². The Morgan fingerprint density at radius 1 is 0.889 bits per heavy atom. The standard InChI is InChI=1S/C13H13NOP2S/c1-15-11-4-8-13(9-5-11)17-16(18-17)12-6-2-10(14)3-7-12/h2-9H,14H2,1H3. The molecule has 5 heteroatoms. The molecule has 0 radical (unpaired) electrons. The molecule has 0 aliphatic carbocycles. The molecule has 1 aromatic heterocycles. The van der Waals surface area contributed by atoms with Crippen molar-refractivity contribution in [1.29, 1.82) is 0 Å². The van der Waals surface area contributed by atoms with E-state index in [1.807, 2.05) is 24.3 Å². The number of hydrogen-bond donors (Lipinski definition) is 1. The molecule has 0 saturated carbocycles. The van der Waals surface area contributed by atoms with Gasteiger partial charge in [-0.25, -0.2) is 0 Å². The molecular weight excluding hydrogens is 280 g/mol. The summed E-state index contributed by atoms with van der Waals surface area (Å²) in [5, 5.41) is 2.91. The van der Waals surface area contributed by atoms with Crippen LogP contribution in [0.15, 0.2) is 48.5 Å². The third-order valence-corrected chi connectivity index (χ3v) is 13.6. The molecule has 2 unspecified atom stereocenters. The van der Waals surface area contributed by atoms with Crippen LogP contribution in [0.3, 0.4) is 0 Å². The predicted octanol–water partition coefficient (Wildman–Crippen LogP) is 5.29. The Morgan fingerprint density at radius 2 is 1.39 bits per heavy atom. The van der Waals surface area contributed by atoms with E-state index in [4.69, 9.17) is 10.5 Å². The molecule has 2 atom stereocenters. The Labute approximate surface area is 112 Å². The predicted molar refractivity (Wildman–Crippen MR) is 83.4 cm³/mol. The first-order valence-electron chi connectivity index (χ1n) is 5.56. The SMILES string of the molecule is COc1ccc(-p2sp2-c2ccc(N)cc2)cc1. The second-order valence-corrected chi connectivity index (χ2v) is 14.4. The first-order valence-corrected chi connectivity index (χ1v) is 11.0. The fourth-order valence-electron chi connectivity index (χ4n) is 1.67. The molecule has 18 heavy (non-hydrogen) atoms. The van der Waals surface area contributed by atoms with Crippen LogP contribution < -0.4 is 10.5 Å². The minimum Gasteiger partial charge on any atom is -0.497 e. The molecule has 2 aromatic carbocycles. The lowest BCUT2D eigenvalue weighted by molar-refractivity contribution is 0.415. The Bertz CT molecular complexity index is 633.